The number of aromatic amines is 1. The van der Waals surface area contributed by atoms with Gasteiger partial charge in [-0.25, -0.2) is 4.68 Å². The maximum Gasteiger partial charge on any atom is 0.252 e. The fourth-order valence-corrected chi connectivity index (χ4v) is 4.30. The van der Waals surface area contributed by atoms with Gasteiger partial charge in [-0.05, 0) is 72.7 Å². The third-order valence-electron chi connectivity index (χ3n) is 6.70. The Hall–Kier alpha value is -3.92. The van der Waals surface area contributed by atoms with E-state index in [2.05, 4.69) is 46.2 Å². The van der Waals surface area contributed by atoms with Crippen molar-refractivity contribution in [1.82, 2.24) is 30.1 Å². The Bertz CT molecular complexity index is 1440. The molecule has 0 radical (unpaired) electrons. The van der Waals surface area contributed by atoms with E-state index in [0.717, 1.165) is 46.0 Å². The number of rotatable bonds is 9. The molecule has 2 aromatic heterocycles. The molecule has 1 N–H and O–H groups in total. The molecule has 5 rings (SSSR count). The molecule has 0 spiro atoms. The van der Waals surface area contributed by atoms with Crippen molar-refractivity contribution in [3.8, 4) is 17.2 Å². The normalized spacial score (nSPS) is 13.0. The molecule has 0 unspecified atom stereocenters. The second-order valence-corrected chi connectivity index (χ2v) is 9.58. The van der Waals surface area contributed by atoms with Gasteiger partial charge in [0.15, 0.2) is 17.3 Å². The number of nitrogens with zero attached hydrogens (tertiary/aromatic N) is 5. The number of pyridine rings is 1. The Morgan fingerprint density at radius 2 is 1.92 bits per heavy atom. The van der Waals surface area contributed by atoms with E-state index in [9.17, 15) is 4.79 Å². The highest BCUT2D eigenvalue weighted by atomic mass is 16.7. The average Bonchev–Trinajstić information content (AvgIpc) is 3.53. The van der Waals surface area contributed by atoms with Gasteiger partial charge in [-0.2, -0.15) is 0 Å². The molecule has 1 aliphatic rings. The van der Waals surface area contributed by atoms with Crippen LogP contribution >= 0.6 is 0 Å². The highest BCUT2D eigenvalue weighted by Crippen LogP contribution is 2.33. The number of hydrogen-bond donors (Lipinski definition) is 1. The molecule has 1 aliphatic heterocycles. The number of fused-ring (bicyclic) bond motifs is 2. The van der Waals surface area contributed by atoms with Crippen molar-refractivity contribution in [3.05, 3.63) is 69.8 Å². The highest BCUT2D eigenvalue weighted by Gasteiger charge is 2.25. The first-order valence-electron chi connectivity index (χ1n) is 11.9. The van der Waals surface area contributed by atoms with Crippen molar-refractivity contribution in [1.29, 1.82) is 0 Å². The molecule has 188 valence electrons. The molecule has 0 saturated heterocycles. The van der Waals surface area contributed by atoms with Gasteiger partial charge in [0.05, 0.1) is 19.2 Å². The summed E-state index contributed by atoms with van der Waals surface area (Å²) >= 11 is 0. The SMILES string of the molecule is CCC(C)(C)n1nnnc1CN(Cc1ccc2c(c1)OCO2)Cc1cc2cc(OC)ccc2[nH]c1=O. The Kier molecular flexibility index (Phi) is 6.36. The standard InChI is InChI=1S/C26H30N6O4/c1-5-26(2,3)32-24(28-29-30-32)15-31(13-17-6-9-22-23(10-17)36-16-35-22)14-19-11-18-12-20(34-4)7-8-21(18)27-25(19)33/h6-12H,5,13-16H2,1-4H3,(H,27,33). The first-order chi connectivity index (χ1) is 17.4. The smallest absolute Gasteiger partial charge is 0.252 e. The average molecular weight is 491 g/mol. The Labute approximate surface area is 208 Å². The molecule has 4 aromatic rings. The molecule has 10 nitrogen and oxygen atoms in total. The van der Waals surface area contributed by atoms with Gasteiger partial charge in [0.1, 0.15) is 5.75 Å². The molecule has 10 heteroatoms. The molecule has 36 heavy (non-hydrogen) atoms. The van der Waals surface area contributed by atoms with Gasteiger partial charge < -0.3 is 19.2 Å². The number of methoxy groups -OCH3 is 1. The van der Waals surface area contributed by atoms with Crippen LogP contribution in [0.4, 0.5) is 0 Å². The van der Waals surface area contributed by atoms with Crippen LogP contribution in [0.2, 0.25) is 0 Å². The van der Waals surface area contributed by atoms with E-state index in [1.165, 1.54) is 0 Å². The minimum Gasteiger partial charge on any atom is -0.497 e. The van der Waals surface area contributed by atoms with Gasteiger partial charge in [0, 0.05) is 29.6 Å². The van der Waals surface area contributed by atoms with Gasteiger partial charge in [-0.3, -0.25) is 9.69 Å². The minimum atomic E-state index is -0.236. The fourth-order valence-electron chi connectivity index (χ4n) is 4.30. The number of ether oxygens (including phenoxy) is 3. The van der Waals surface area contributed by atoms with Crippen LogP contribution in [0.1, 0.15) is 44.1 Å². The van der Waals surface area contributed by atoms with Crippen LogP contribution in [0.15, 0.2) is 47.3 Å². The lowest BCUT2D eigenvalue weighted by Crippen LogP contribution is -2.32. The lowest BCUT2D eigenvalue weighted by Gasteiger charge is -2.27. The Morgan fingerprint density at radius 3 is 2.72 bits per heavy atom. The van der Waals surface area contributed by atoms with E-state index in [-0.39, 0.29) is 17.9 Å². The van der Waals surface area contributed by atoms with Gasteiger partial charge in [0.2, 0.25) is 6.79 Å². The molecule has 0 amide bonds. The van der Waals surface area contributed by atoms with Crippen molar-refractivity contribution in [3.63, 3.8) is 0 Å². The first kappa shape index (κ1) is 23.8. The zero-order chi connectivity index (χ0) is 25.3. The number of tetrazole rings is 1. The summed E-state index contributed by atoms with van der Waals surface area (Å²) in [5.41, 5.74) is 2.08. The molecular weight excluding hydrogens is 460 g/mol. The van der Waals surface area contributed by atoms with Gasteiger partial charge >= 0.3 is 0 Å². The zero-order valence-electron chi connectivity index (χ0n) is 20.9. The third-order valence-corrected chi connectivity index (χ3v) is 6.70. The Balaban J connectivity index is 1.49. The van der Waals surface area contributed by atoms with E-state index in [4.69, 9.17) is 14.2 Å². The maximum atomic E-state index is 13.0. The molecule has 3 heterocycles. The van der Waals surface area contributed by atoms with Gasteiger partial charge in [-0.1, -0.05) is 13.0 Å². The van der Waals surface area contributed by atoms with Crippen molar-refractivity contribution < 1.29 is 14.2 Å². The third kappa shape index (κ3) is 4.76. The van der Waals surface area contributed by atoms with E-state index in [1.54, 1.807) is 7.11 Å². The summed E-state index contributed by atoms with van der Waals surface area (Å²) in [6.45, 7) is 7.97. The topological polar surface area (TPSA) is 107 Å². The van der Waals surface area contributed by atoms with E-state index in [1.807, 2.05) is 47.1 Å². The van der Waals surface area contributed by atoms with Crippen molar-refractivity contribution >= 4 is 10.9 Å². The van der Waals surface area contributed by atoms with Crippen LogP contribution in [0.5, 0.6) is 17.2 Å². The number of H-pyrrole nitrogens is 1. The molecule has 0 aliphatic carbocycles. The number of nitrogens with one attached hydrogen (secondary N) is 1. The summed E-state index contributed by atoms with van der Waals surface area (Å²) < 4.78 is 18.3. The predicted octanol–water partition coefficient (Wildman–Crippen LogP) is 3.60. The quantitative estimate of drug-likeness (QED) is 0.379. The molecule has 0 fully saturated rings. The monoisotopic (exact) mass is 490 g/mol. The fraction of sp³-hybridized carbons (Fsp3) is 0.385. The van der Waals surface area contributed by atoms with Crippen LogP contribution in [-0.4, -0.2) is 44.0 Å². The maximum absolute atomic E-state index is 13.0. The summed E-state index contributed by atoms with van der Waals surface area (Å²) in [4.78, 5) is 18.2. The summed E-state index contributed by atoms with van der Waals surface area (Å²) in [6.07, 6.45) is 0.874. The van der Waals surface area contributed by atoms with Crippen LogP contribution < -0.4 is 19.8 Å². The van der Waals surface area contributed by atoms with E-state index in [0.29, 0.717) is 25.2 Å². The number of benzene rings is 2. The van der Waals surface area contributed by atoms with Crippen LogP contribution in [0, 0.1) is 0 Å². The Morgan fingerprint density at radius 1 is 1.08 bits per heavy atom. The minimum absolute atomic E-state index is 0.128. The molecule has 0 bridgehead atoms. The zero-order valence-corrected chi connectivity index (χ0v) is 20.9. The van der Waals surface area contributed by atoms with Crippen molar-refractivity contribution in [2.24, 2.45) is 0 Å². The van der Waals surface area contributed by atoms with E-state index < -0.39 is 0 Å². The second kappa shape index (κ2) is 9.62. The highest BCUT2D eigenvalue weighted by molar-refractivity contribution is 5.80. The van der Waals surface area contributed by atoms with Gasteiger partial charge in [-0.15, -0.1) is 5.10 Å². The van der Waals surface area contributed by atoms with Crippen molar-refractivity contribution in [2.45, 2.75) is 52.4 Å². The van der Waals surface area contributed by atoms with Crippen LogP contribution in [-0.2, 0) is 25.2 Å². The molecule has 2 aromatic carbocycles. The summed E-state index contributed by atoms with van der Waals surface area (Å²) in [5.74, 6) is 2.93. The van der Waals surface area contributed by atoms with Crippen molar-refractivity contribution in [2.75, 3.05) is 13.9 Å². The lowest BCUT2D eigenvalue weighted by molar-refractivity contribution is 0.174. The summed E-state index contributed by atoms with van der Waals surface area (Å²) in [5, 5.41) is 13.4. The summed E-state index contributed by atoms with van der Waals surface area (Å²) in [7, 11) is 1.63. The molecule has 0 saturated carbocycles. The first-order valence-corrected chi connectivity index (χ1v) is 11.9. The largest absolute Gasteiger partial charge is 0.497 e. The lowest BCUT2D eigenvalue weighted by atomic mass is 10.0. The molecule has 0 atom stereocenters. The molecular formula is C26H30N6O4. The van der Waals surface area contributed by atoms with Crippen LogP contribution in [0.3, 0.4) is 0 Å². The number of hydrogen-bond acceptors (Lipinski definition) is 8. The van der Waals surface area contributed by atoms with Crippen LogP contribution in [0.25, 0.3) is 10.9 Å². The second-order valence-electron chi connectivity index (χ2n) is 9.58. The summed E-state index contributed by atoms with van der Waals surface area (Å²) in [6, 6.07) is 13.4. The van der Waals surface area contributed by atoms with Gasteiger partial charge in [0.25, 0.3) is 5.56 Å². The van der Waals surface area contributed by atoms with E-state index >= 15 is 0 Å². The predicted molar refractivity (Wildman–Crippen MR) is 134 cm³/mol. The number of aromatic nitrogens is 5.